The number of esters is 8. The number of ether oxygens (including phenoxy) is 16. The lowest BCUT2D eigenvalue weighted by atomic mass is 10.1. The van der Waals surface area contributed by atoms with Gasteiger partial charge in [-0.15, -0.1) is 0 Å². The van der Waals surface area contributed by atoms with Crippen LogP contribution >= 0.6 is 0 Å². The maximum Gasteiger partial charge on any atom is 0.331 e. The maximum absolute atomic E-state index is 11.7. The number of hydrogen-bond donors (Lipinski definition) is 7. The molecule has 532 valence electrons. The molecule has 7 N–H and O–H groups in total. The number of ketones is 1. The van der Waals surface area contributed by atoms with Crippen molar-refractivity contribution >= 4 is 77.4 Å². The highest BCUT2D eigenvalue weighted by molar-refractivity contribution is 5.95. The van der Waals surface area contributed by atoms with Gasteiger partial charge in [0, 0.05) is 61.1 Å². The van der Waals surface area contributed by atoms with E-state index >= 15 is 0 Å². The summed E-state index contributed by atoms with van der Waals surface area (Å²) in [6, 6.07) is 0. The molecule has 0 aromatic rings. The summed E-state index contributed by atoms with van der Waals surface area (Å²) in [5, 5.41) is 60.6. The van der Waals surface area contributed by atoms with Gasteiger partial charge in [0.05, 0.1) is 77.9 Å². The first-order chi connectivity index (χ1) is 45.5. The summed E-state index contributed by atoms with van der Waals surface area (Å²) in [5.74, 6) is -11.6. The molecule has 8 aliphatic heterocycles. The predicted molar refractivity (Wildman–Crippen MR) is 314 cm³/mol. The van der Waals surface area contributed by atoms with Gasteiger partial charge in [0.2, 0.25) is 0 Å². The van der Waals surface area contributed by atoms with Crippen molar-refractivity contribution < 1.29 is 174 Å². The number of hydrogen-bond acceptors (Lipinski definition) is 32. The van der Waals surface area contributed by atoms with E-state index in [9.17, 15) is 62.3 Å². The largest absolute Gasteiger partial charge is 0.513 e. The van der Waals surface area contributed by atoms with Crippen LogP contribution in [0.3, 0.4) is 0 Å². The van der Waals surface area contributed by atoms with Crippen molar-refractivity contribution in [3.05, 3.63) is 110 Å². The summed E-state index contributed by atoms with van der Waals surface area (Å²) in [5.41, 5.74) is 0. The van der Waals surface area contributed by atoms with Gasteiger partial charge in [0.15, 0.2) is 54.6 Å². The van der Waals surface area contributed by atoms with Gasteiger partial charge in [-0.2, -0.15) is 0 Å². The fourth-order valence-electron chi connectivity index (χ4n) is 9.50. The number of fused-ring (bicyclic) bond motifs is 4. The van der Waals surface area contributed by atoms with Crippen LogP contribution in [-0.4, -0.2) is 264 Å². The number of carboxylic acids is 4. The number of carbonyl (C=O) groups excluding carboxylic acids is 9. The Labute approximate surface area is 550 Å². The van der Waals surface area contributed by atoms with Crippen molar-refractivity contribution in [2.24, 2.45) is 0 Å². The lowest BCUT2D eigenvalue weighted by molar-refractivity contribution is -0.156. The molecule has 8 rings (SSSR count). The maximum atomic E-state index is 11.7. The third kappa shape index (κ3) is 27.0. The summed E-state index contributed by atoms with van der Waals surface area (Å²) in [6.45, 7) is 11.5. The number of carboxylic acid groups (broad SMARTS) is 4. The van der Waals surface area contributed by atoms with Crippen LogP contribution in [0.4, 0.5) is 0 Å². The number of aliphatic hydroxyl groups excluding tert-OH is 3. The van der Waals surface area contributed by atoms with Crippen molar-refractivity contribution in [3.63, 3.8) is 0 Å². The molecule has 36 heteroatoms. The van der Waals surface area contributed by atoms with Gasteiger partial charge in [-0.3, -0.25) is 19.2 Å². The molecule has 0 radical (unpaired) electrons. The fraction of sp³-hybridized carbons (Fsp3) is 0.492. The van der Waals surface area contributed by atoms with Gasteiger partial charge in [-0.25, -0.2) is 43.2 Å². The fourth-order valence-corrected chi connectivity index (χ4v) is 9.50. The molecule has 0 aromatic carbocycles. The van der Waals surface area contributed by atoms with E-state index in [1.54, 1.807) is 0 Å². The van der Waals surface area contributed by atoms with E-state index in [0.717, 1.165) is 54.7 Å². The highest BCUT2D eigenvalue weighted by Gasteiger charge is 2.54. The monoisotopic (exact) mass is 1380 g/mol. The molecular weight excluding hydrogens is 1310 g/mol. The van der Waals surface area contributed by atoms with E-state index in [2.05, 4.69) is 19.7 Å². The second-order valence-corrected chi connectivity index (χ2v) is 20.9. The first-order valence-electron chi connectivity index (χ1n) is 28.6. The second-order valence-electron chi connectivity index (χ2n) is 20.9. The first-order valence-corrected chi connectivity index (χ1v) is 28.6. The average Bonchev–Trinajstić information content (AvgIpc) is 1.68. The zero-order valence-electron chi connectivity index (χ0n) is 50.7. The van der Waals surface area contributed by atoms with E-state index in [1.165, 1.54) is 6.92 Å². The van der Waals surface area contributed by atoms with Crippen LogP contribution in [0.1, 0.15) is 40.0 Å². The van der Waals surface area contributed by atoms with E-state index in [0.29, 0.717) is 18.2 Å². The molecule has 8 heterocycles. The van der Waals surface area contributed by atoms with E-state index < -0.39 is 169 Å². The van der Waals surface area contributed by atoms with Crippen molar-refractivity contribution in [3.8, 4) is 0 Å². The molecule has 0 spiro atoms. The van der Waals surface area contributed by atoms with Crippen LogP contribution < -0.4 is 0 Å². The van der Waals surface area contributed by atoms with Crippen LogP contribution in [0.2, 0.25) is 0 Å². The van der Waals surface area contributed by atoms with Crippen LogP contribution in [0.25, 0.3) is 0 Å². The third-order valence-corrected chi connectivity index (χ3v) is 13.5. The Morgan fingerprint density at radius 2 is 0.515 bits per heavy atom. The SMILES string of the molecule is C.C=C(O)/C=C\C(=O)O[C@H]1CO[C@H]2[C@@H]1OC[C@@H]2OC(=O)/C=C/C(=O)O.C=C(O)/C=C\C(=O)O[C@H]1CO[C@H]2[C@@H]1OC[C@@H]2OC(=O)CCC(=O)O.C=C(O)CCC(=O)O[C@H]1CO[C@H]2[C@@H]1OC[C@@H]2OC(=O)/C=C/C(=O)O.CC(=O)/C=C/C(=O)O[C@H]1CO[C@H]2[C@@H]1OC[C@@H]2OC(=O)/C=C/C(=O)O. The number of allylic oxidation sites excluding steroid dienone is 4. The third-order valence-electron chi connectivity index (χ3n) is 13.5. The number of rotatable bonds is 26. The Balaban J connectivity index is 0.000000274. The van der Waals surface area contributed by atoms with Crippen LogP contribution in [-0.2, 0) is 138 Å². The Morgan fingerprint density at radius 3 is 0.711 bits per heavy atom. The zero-order chi connectivity index (χ0) is 70.8. The van der Waals surface area contributed by atoms with Crippen molar-refractivity contribution in [1.82, 2.24) is 0 Å². The average molecular weight is 1380 g/mol. The Morgan fingerprint density at radius 1 is 0.309 bits per heavy atom. The molecule has 97 heavy (non-hydrogen) atoms. The van der Waals surface area contributed by atoms with Gasteiger partial charge < -0.3 is 112 Å². The summed E-state index contributed by atoms with van der Waals surface area (Å²) < 4.78 is 84.7. The molecule has 16 atom stereocenters. The second kappa shape index (κ2) is 39.2. The van der Waals surface area contributed by atoms with Gasteiger partial charge in [-0.05, 0) is 25.2 Å². The molecule has 8 fully saturated rings. The first kappa shape index (κ1) is 79.5. The summed E-state index contributed by atoms with van der Waals surface area (Å²) in [7, 11) is 0. The minimum atomic E-state index is -1.27. The molecule has 8 aliphatic rings. The topological polar surface area (TPSA) is 511 Å². The molecule has 0 saturated carbocycles. The van der Waals surface area contributed by atoms with E-state index in [4.69, 9.17) is 112 Å². The predicted octanol–water partition coefficient (Wildman–Crippen LogP) is 0.107. The van der Waals surface area contributed by atoms with Crippen molar-refractivity contribution in [2.45, 2.75) is 138 Å². The Kier molecular flexibility index (Phi) is 32.1. The molecule has 0 aromatic heterocycles. The molecule has 36 nitrogen and oxygen atoms in total. The molecule has 0 amide bonds. The zero-order valence-corrected chi connectivity index (χ0v) is 50.7. The normalized spacial score (nSPS) is 28.4. The minimum absolute atomic E-state index is 0. The molecular formula is C61H72O36. The van der Waals surface area contributed by atoms with Crippen molar-refractivity contribution in [2.75, 3.05) is 52.9 Å². The highest BCUT2D eigenvalue weighted by atomic mass is 16.7. The van der Waals surface area contributed by atoms with E-state index in [-0.39, 0.29) is 109 Å². The molecule has 0 bridgehead atoms. The van der Waals surface area contributed by atoms with Gasteiger partial charge in [0.25, 0.3) is 0 Å². The van der Waals surface area contributed by atoms with Crippen LogP contribution in [0.15, 0.2) is 110 Å². The van der Waals surface area contributed by atoms with E-state index in [1.807, 2.05) is 0 Å². The summed E-state index contributed by atoms with van der Waals surface area (Å²) in [4.78, 5) is 145. The minimum Gasteiger partial charge on any atom is -0.513 e. The highest BCUT2D eigenvalue weighted by Crippen LogP contribution is 2.34. The van der Waals surface area contributed by atoms with Gasteiger partial charge in [0.1, 0.15) is 60.4 Å². The Hall–Kier alpha value is -9.95. The Bertz CT molecular complexity index is 2790. The quantitative estimate of drug-likeness (QED) is 0.0199. The smallest absolute Gasteiger partial charge is 0.331 e. The van der Waals surface area contributed by atoms with Crippen LogP contribution in [0.5, 0.6) is 0 Å². The number of aliphatic hydroxyl groups is 3. The van der Waals surface area contributed by atoms with Gasteiger partial charge >= 0.3 is 71.6 Å². The van der Waals surface area contributed by atoms with Gasteiger partial charge in [-0.1, -0.05) is 27.2 Å². The van der Waals surface area contributed by atoms with Crippen LogP contribution in [0, 0.1) is 0 Å². The summed E-state index contributed by atoms with van der Waals surface area (Å²) in [6.07, 6.45) is 0.0285. The lowest BCUT2D eigenvalue weighted by Crippen LogP contribution is -2.35. The number of aliphatic carboxylic acids is 4. The van der Waals surface area contributed by atoms with Crippen molar-refractivity contribution in [1.29, 1.82) is 0 Å². The molecule has 8 saturated heterocycles. The summed E-state index contributed by atoms with van der Waals surface area (Å²) >= 11 is 0. The molecule has 0 aliphatic carbocycles. The lowest BCUT2D eigenvalue weighted by Gasteiger charge is -2.17. The standard InChI is InChI=1S/2C15H18O9.2C15H16O9.CH4/c4*1-8(16)2-4-12(19)23-9-6-21-15-10(7-22-14(9)15)24-13(20)5-3-11(17)18;/h3,5,9-10,14-16H,1-2,4,6-7H2,(H,17,18);2,4,9-10,14-16H,1,3,5-7H2,(H,17,18);2-5,9-10,14-15H,6-7H2,1H3,(H,17,18);2-5,9-10,14-16H,1,6-7H2,(H,17,18);1H4/b5-3+;4-2-;4-2+,5-3+;4-2-,5-3+;/t4*9-,10-,14+,15+;/m0000./s1. The number of carbonyl (C=O) groups is 13. The molecule has 0 unspecified atom stereocenters.